The minimum Gasteiger partial charge on any atom is -0.490 e. The van der Waals surface area contributed by atoms with Crippen molar-refractivity contribution in [1.29, 1.82) is 0 Å². The van der Waals surface area contributed by atoms with Crippen LogP contribution in [0.1, 0.15) is 30.1 Å². The van der Waals surface area contributed by atoms with E-state index in [4.69, 9.17) is 4.74 Å². The average Bonchev–Trinajstić information content (AvgIpc) is 3.04. The largest absolute Gasteiger partial charge is 0.490 e. The molecule has 0 bridgehead atoms. The number of hydrogen-bond donors (Lipinski definition) is 1. The SMILES string of the molecule is C=CCOc1ccc(C(=O)N(CCC)C2CCNC2)cc1. The van der Waals surface area contributed by atoms with Crippen LogP contribution >= 0.6 is 0 Å². The molecule has 1 aliphatic heterocycles. The molecule has 1 aromatic carbocycles. The van der Waals surface area contributed by atoms with Crippen LogP contribution in [0.25, 0.3) is 0 Å². The third kappa shape index (κ3) is 4.08. The molecule has 1 saturated heterocycles. The van der Waals surface area contributed by atoms with Crippen molar-refractivity contribution in [1.82, 2.24) is 10.2 Å². The van der Waals surface area contributed by atoms with Crippen LogP contribution in [0.4, 0.5) is 0 Å². The van der Waals surface area contributed by atoms with E-state index in [1.54, 1.807) is 6.08 Å². The molecule has 1 unspecified atom stereocenters. The number of hydrogen-bond acceptors (Lipinski definition) is 3. The highest BCUT2D eigenvalue weighted by Crippen LogP contribution is 2.17. The first kappa shape index (κ1) is 15.6. The minimum atomic E-state index is 0.112. The van der Waals surface area contributed by atoms with Gasteiger partial charge >= 0.3 is 0 Å². The molecule has 1 atom stereocenters. The summed E-state index contributed by atoms with van der Waals surface area (Å²) in [5.74, 6) is 0.872. The lowest BCUT2D eigenvalue weighted by molar-refractivity contribution is 0.0692. The van der Waals surface area contributed by atoms with Crippen LogP contribution < -0.4 is 10.1 Å². The Morgan fingerprint density at radius 3 is 2.81 bits per heavy atom. The van der Waals surface area contributed by atoms with Crippen molar-refractivity contribution < 1.29 is 9.53 Å². The molecule has 4 nitrogen and oxygen atoms in total. The van der Waals surface area contributed by atoms with E-state index in [0.29, 0.717) is 12.6 Å². The third-order valence-corrected chi connectivity index (χ3v) is 3.67. The van der Waals surface area contributed by atoms with E-state index in [1.807, 2.05) is 29.2 Å². The van der Waals surface area contributed by atoms with Crippen molar-refractivity contribution >= 4 is 5.91 Å². The first-order valence-electron chi connectivity index (χ1n) is 7.61. The normalized spacial score (nSPS) is 17.5. The molecule has 114 valence electrons. The fourth-order valence-corrected chi connectivity index (χ4v) is 2.61. The maximum atomic E-state index is 12.7. The van der Waals surface area contributed by atoms with Crippen LogP contribution in [0.5, 0.6) is 5.75 Å². The molecule has 21 heavy (non-hydrogen) atoms. The second-order valence-corrected chi connectivity index (χ2v) is 5.27. The van der Waals surface area contributed by atoms with Gasteiger partial charge in [-0.05, 0) is 43.7 Å². The van der Waals surface area contributed by atoms with Crippen molar-refractivity contribution in [2.75, 3.05) is 26.2 Å². The summed E-state index contributed by atoms with van der Waals surface area (Å²) in [7, 11) is 0. The van der Waals surface area contributed by atoms with Gasteiger partial charge in [-0.1, -0.05) is 19.6 Å². The van der Waals surface area contributed by atoms with Gasteiger partial charge < -0.3 is 15.0 Å². The van der Waals surface area contributed by atoms with Gasteiger partial charge in [0, 0.05) is 24.7 Å². The third-order valence-electron chi connectivity index (χ3n) is 3.67. The zero-order chi connectivity index (χ0) is 15.1. The Hall–Kier alpha value is -1.81. The van der Waals surface area contributed by atoms with E-state index in [0.717, 1.165) is 43.8 Å². The number of rotatable bonds is 7. The Bertz CT molecular complexity index is 464. The number of benzene rings is 1. The summed E-state index contributed by atoms with van der Waals surface area (Å²) in [6.07, 6.45) is 3.71. The van der Waals surface area contributed by atoms with Gasteiger partial charge in [-0.25, -0.2) is 0 Å². The summed E-state index contributed by atoms with van der Waals surface area (Å²) in [6, 6.07) is 7.67. The quantitative estimate of drug-likeness (QED) is 0.784. The number of nitrogens with one attached hydrogen (secondary N) is 1. The van der Waals surface area contributed by atoms with E-state index in [-0.39, 0.29) is 5.91 Å². The Labute approximate surface area is 126 Å². The van der Waals surface area contributed by atoms with Gasteiger partial charge in [0.2, 0.25) is 0 Å². The molecule has 0 radical (unpaired) electrons. The molecule has 1 fully saturated rings. The zero-order valence-electron chi connectivity index (χ0n) is 12.7. The smallest absolute Gasteiger partial charge is 0.254 e. The van der Waals surface area contributed by atoms with E-state index >= 15 is 0 Å². The van der Waals surface area contributed by atoms with E-state index in [1.165, 1.54) is 0 Å². The molecule has 1 heterocycles. The van der Waals surface area contributed by atoms with Gasteiger partial charge in [0.25, 0.3) is 5.91 Å². The summed E-state index contributed by atoms with van der Waals surface area (Å²) in [5, 5.41) is 3.33. The first-order valence-corrected chi connectivity index (χ1v) is 7.61. The van der Waals surface area contributed by atoms with Gasteiger partial charge in [-0.3, -0.25) is 4.79 Å². The van der Waals surface area contributed by atoms with E-state index < -0.39 is 0 Å². The number of ether oxygens (including phenoxy) is 1. The van der Waals surface area contributed by atoms with Crippen LogP contribution in [-0.4, -0.2) is 43.1 Å². The fourth-order valence-electron chi connectivity index (χ4n) is 2.61. The molecular formula is C17H24N2O2. The van der Waals surface area contributed by atoms with Crippen LogP contribution in [0.3, 0.4) is 0 Å². The molecule has 0 aliphatic carbocycles. The summed E-state index contributed by atoms with van der Waals surface area (Å²) < 4.78 is 5.44. The lowest BCUT2D eigenvalue weighted by Crippen LogP contribution is -2.42. The summed E-state index contributed by atoms with van der Waals surface area (Å²) in [6.45, 7) is 8.89. The molecule has 1 aromatic rings. The lowest BCUT2D eigenvalue weighted by Gasteiger charge is -2.28. The van der Waals surface area contributed by atoms with Crippen molar-refractivity contribution in [3.05, 3.63) is 42.5 Å². The molecule has 1 aliphatic rings. The second-order valence-electron chi connectivity index (χ2n) is 5.27. The van der Waals surface area contributed by atoms with E-state index in [9.17, 15) is 4.79 Å². The van der Waals surface area contributed by atoms with Crippen LogP contribution in [0.15, 0.2) is 36.9 Å². The van der Waals surface area contributed by atoms with Crippen molar-refractivity contribution in [3.8, 4) is 5.75 Å². The zero-order valence-corrected chi connectivity index (χ0v) is 12.7. The average molecular weight is 288 g/mol. The molecule has 4 heteroatoms. The summed E-state index contributed by atoms with van der Waals surface area (Å²) in [5.41, 5.74) is 0.723. The van der Waals surface area contributed by atoms with Gasteiger partial charge in [0.1, 0.15) is 12.4 Å². The first-order chi connectivity index (χ1) is 10.3. The monoisotopic (exact) mass is 288 g/mol. The van der Waals surface area contributed by atoms with Gasteiger partial charge in [0.05, 0.1) is 0 Å². The van der Waals surface area contributed by atoms with Gasteiger partial charge in [-0.15, -0.1) is 0 Å². The molecule has 2 rings (SSSR count). The number of nitrogens with zero attached hydrogens (tertiary/aromatic N) is 1. The van der Waals surface area contributed by atoms with Crippen LogP contribution in [-0.2, 0) is 0 Å². The highest BCUT2D eigenvalue weighted by atomic mass is 16.5. The number of carbonyl (C=O) groups excluding carboxylic acids is 1. The minimum absolute atomic E-state index is 0.112. The number of amides is 1. The maximum Gasteiger partial charge on any atom is 0.254 e. The standard InChI is InChI=1S/C17H24N2O2/c1-3-11-19(15-9-10-18-13-15)17(20)14-5-7-16(8-6-14)21-12-4-2/h4-8,15,18H,2-3,9-13H2,1H3. The fraction of sp³-hybridized carbons (Fsp3) is 0.471. The highest BCUT2D eigenvalue weighted by Gasteiger charge is 2.26. The maximum absolute atomic E-state index is 12.7. The Kier molecular flexibility index (Phi) is 5.81. The van der Waals surface area contributed by atoms with Crippen molar-refractivity contribution in [2.24, 2.45) is 0 Å². The highest BCUT2D eigenvalue weighted by molar-refractivity contribution is 5.94. The van der Waals surface area contributed by atoms with E-state index in [2.05, 4.69) is 18.8 Å². The molecule has 0 saturated carbocycles. The van der Waals surface area contributed by atoms with Crippen LogP contribution in [0.2, 0.25) is 0 Å². The Morgan fingerprint density at radius 1 is 1.48 bits per heavy atom. The van der Waals surface area contributed by atoms with Crippen molar-refractivity contribution in [3.63, 3.8) is 0 Å². The summed E-state index contributed by atoms with van der Waals surface area (Å²) in [4.78, 5) is 14.7. The predicted octanol–water partition coefficient (Wildman–Crippen LogP) is 2.47. The summed E-state index contributed by atoms with van der Waals surface area (Å²) >= 11 is 0. The predicted molar refractivity (Wildman–Crippen MR) is 84.7 cm³/mol. The Balaban J connectivity index is 2.06. The molecule has 1 N–H and O–H groups in total. The number of carbonyl (C=O) groups is 1. The van der Waals surface area contributed by atoms with Crippen LogP contribution in [0, 0.1) is 0 Å². The second kappa shape index (κ2) is 7.84. The molecule has 1 amide bonds. The lowest BCUT2D eigenvalue weighted by atomic mass is 10.1. The molecule has 0 aromatic heterocycles. The van der Waals surface area contributed by atoms with Gasteiger partial charge in [-0.2, -0.15) is 0 Å². The van der Waals surface area contributed by atoms with Gasteiger partial charge in [0.15, 0.2) is 0 Å². The topological polar surface area (TPSA) is 41.6 Å². The van der Waals surface area contributed by atoms with Crippen molar-refractivity contribution in [2.45, 2.75) is 25.8 Å². The molecular weight excluding hydrogens is 264 g/mol. The Morgan fingerprint density at radius 2 is 2.24 bits per heavy atom. The molecule has 0 spiro atoms.